The van der Waals surface area contributed by atoms with Crippen LogP contribution in [0.5, 0.6) is 5.75 Å². The summed E-state index contributed by atoms with van der Waals surface area (Å²) in [5.74, 6) is 0.692. The van der Waals surface area contributed by atoms with E-state index in [-0.39, 0.29) is 0 Å². The lowest BCUT2D eigenvalue weighted by molar-refractivity contribution is 0.112. The zero-order valence-corrected chi connectivity index (χ0v) is 12.3. The van der Waals surface area contributed by atoms with Gasteiger partial charge in [-0.15, -0.1) is 0 Å². The van der Waals surface area contributed by atoms with E-state index < -0.39 is 0 Å². The summed E-state index contributed by atoms with van der Waals surface area (Å²) < 4.78 is 10.3. The van der Waals surface area contributed by atoms with Gasteiger partial charge in [0.15, 0.2) is 6.29 Å². The predicted molar refractivity (Wildman–Crippen MR) is 83.8 cm³/mol. The Balaban J connectivity index is 2.53. The third-order valence-corrected chi connectivity index (χ3v) is 3.45. The zero-order valence-electron chi connectivity index (χ0n) is 12.3. The Morgan fingerprint density at radius 2 is 1.95 bits per heavy atom. The maximum Gasteiger partial charge on any atom is 0.150 e. The average Bonchev–Trinajstić information content (AvgIpc) is 2.53. The summed E-state index contributed by atoms with van der Waals surface area (Å²) in [7, 11) is 3.25. The van der Waals surface area contributed by atoms with Gasteiger partial charge in [-0.2, -0.15) is 0 Å². The van der Waals surface area contributed by atoms with Crippen molar-refractivity contribution in [3.63, 3.8) is 0 Å². The minimum Gasteiger partial charge on any atom is -0.497 e. The van der Waals surface area contributed by atoms with E-state index in [9.17, 15) is 4.79 Å². The van der Waals surface area contributed by atoms with Gasteiger partial charge in [0.1, 0.15) is 5.75 Å². The first-order valence-corrected chi connectivity index (χ1v) is 6.71. The van der Waals surface area contributed by atoms with Crippen molar-refractivity contribution in [3.8, 4) is 16.9 Å². The van der Waals surface area contributed by atoms with Crippen LogP contribution in [0, 0.1) is 0 Å². The van der Waals surface area contributed by atoms with Crippen LogP contribution in [0.25, 0.3) is 11.1 Å². The summed E-state index contributed by atoms with van der Waals surface area (Å²) in [5.41, 5.74) is 10.1. The monoisotopic (exact) mass is 285 g/mol. The highest BCUT2D eigenvalue weighted by molar-refractivity contribution is 5.92. The number of nitrogens with two attached hydrogens (primary N) is 1. The second kappa shape index (κ2) is 6.90. The first kappa shape index (κ1) is 15.1. The maximum atomic E-state index is 11.3. The lowest BCUT2D eigenvalue weighted by Crippen LogP contribution is -2.02. The van der Waals surface area contributed by atoms with Crippen molar-refractivity contribution in [2.45, 2.75) is 6.42 Å². The van der Waals surface area contributed by atoms with E-state index in [1.807, 2.05) is 24.3 Å². The van der Waals surface area contributed by atoms with Gasteiger partial charge >= 0.3 is 0 Å². The van der Waals surface area contributed by atoms with Crippen LogP contribution in [0.1, 0.15) is 15.9 Å². The standard InChI is InChI=1S/C17H19NO3/c1-20-9-8-12-4-3-5-15(17(12)18)16-10-14(21-2)7-6-13(16)11-19/h3-7,10-11H,8-9,18H2,1-2H3. The lowest BCUT2D eigenvalue weighted by atomic mass is 9.95. The molecule has 4 nitrogen and oxygen atoms in total. The van der Waals surface area contributed by atoms with Gasteiger partial charge in [-0.05, 0) is 35.7 Å². The van der Waals surface area contributed by atoms with Crippen LogP contribution in [0.15, 0.2) is 36.4 Å². The molecule has 2 aromatic carbocycles. The van der Waals surface area contributed by atoms with E-state index in [2.05, 4.69) is 0 Å². The lowest BCUT2D eigenvalue weighted by Gasteiger charge is -2.13. The molecule has 4 heteroatoms. The number of anilines is 1. The number of nitrogen functional groups attached to an aromatic ring is 1. The van der Waals surface area contributed by atoms with Gasteiger partial charge in [-0.1, -0.05) is 18.2 Å². The molecule has 2 N–H and O–H groups in total. The highest BCUT2D eigenvalue weighted by Crippen LogP contribution is 2.33. The van der Waals surface area contributed by atoms with Crippen molar-refractivity contribution in [3.05, 3.63) is 47.5 Å². The van der Waals surface area contributed by atoms with Gasteiger partial charge in [0, 0.05) is 23.9 Å². The van der Waals surface area contributed by atoms with E-state index in [0.717, 1.165) is 29.4 Å². The SMILES string of the molecule is COCCc1cccc(-c2cc(OC)ccc2C=O)c1N. The third-order valence-electron chi connectivity index (χ3n) is 3.45. The molecule has 0 fully saturated rings. The molecule has 2 rings (SSSR count). The van der Waals surface area contributed by atoms with Gasteiger partial charge in [0.25, 0.3) is 0 Å². The summed E-state index contributed by atoms with van der Waals surface area (Å²) in [4.78, 5) is 11.3. The molecule has 110 valence electrons. The molecule has 0 saturated heterocycles. The molecule has 0 aliphatic carbocycles. The fraction of sp³-hybridized carbons (Fsp3) is 0.235. The third kappa shape index (κ3) is 3.23. The summed E-state index contributed by atoms with van der Waals surface area (Å²) in [6.45, 7) is 0.603. The molecule has 2 aromatic rings. The van der Waals surface area contributed by atoms with E-state index >= 15 is 0 Å². The Bertz CT molecular complexity index is 638. The first-order chi connectivity index (χ1) is 10.2. The smallest absolute Gasteiger partial charge is 0.150 e. The normalized spacial score (nSPS) is 10.4. The number of benzene rings is 2. The highest BCUT2D eigenvalue weighted by Gasteiger charge is 2.12. The maximum absolute atomic E-state index is 11.3. The number of aldehydes is 1. The summed E-state index contributed by atoms with van der Waals surface area (Å²) >= 11 is 0. The molecule has 0 atom stereocenters. The van der Waals surface area contributed by atoms with Crippen molar-refractivity contribution < 1.29 is 14.3 Å². The topological polar surface area (TPSA) is 61.5 Å². The Morgan fingerprint density at radius 1 is 1.14 bits per heavy atom. The Labute approximate surface area is 124 Å². The molecule has 0 radical (unpaired) electrons. The van der Waals surface area contributed by atoms with Crippen LogP contribution >= 0.6 is 0 Å². The predicted octanol–water partition coefficient (Wildman–Crippen LogP) is 2.95. The quantitative estimate of drug-likeness (QED) is 0.655. The summed E-state index contributed by atoms with van der Waals surface area (Å²) in [6, 6.07) is 11.1. The molecular formula is C17H19NO3. The average molecular weight is 285 g/mol. The van der Waals surface area contributed by atoms with E-state index in [4.69, 9.17) is 15.2 Å². The van der Waals surface area contributed by atoms with Crippen LogP contribution in [0.3, 0.4) is 0 Å². The number of hydrogen-bond donors (Lipinski definition) is 1. The number of rotatable bonds is 6. The number of methoxy groups -OCH3 is 2. The van der Waals surface area contributed by atoms with Crippen molar-refractivity contribution in [2.24, 2.45) is 0 Å². The molecule has 0 saturated carbocycles. The molecule has 21 heavy (non-hydrogen) atoms. The number of para-hydroxylation sites is 1. The van der Waals surface area contributed by atoms with Gasteiger partial charge < -0.3 is 15.2 Å². The minimum atomic E-state index is 0.589. The Hall–Kier alpha value is -2.33. The van der Waals surface area contributed by atoms with E-state index in [0.29, 0.717) is 23.6 Å². The molecule has 0 aliphatic rings. The number of hydrogen-bond acceptors (Lipinski definition) is 4. The summed E-state index contributed by atoms with van der Waals surface area (Å²) in [5, 5.41) is 0. The molecule has 0 aromatic heterocycles. The van der Waals surface area contributed by atoms with E-state index in [1.165, 1.54) is 0 Å². The van der Waals surface area contributed by atoms with Crippen LogP contribution < -0.4 is 10.5 Å². The first-order valence-electron chi connectivity index (χ1n) is 6.71. The second-order valence-corrected chi connectivity index (χ2v) is 4.69. The van der Waals surface area contributed by atoms with Gasteiger partial charge in [-0.3, -0.25) is 4.79 Å². The minimum absolute atomic E-state index is 0.589. The molecule has 0 unspecified atom stereocenters. The van der Waals surface area contributed by atoms with Crippen molar-refractivity contribution >= 4 is 12.0 Å². The van der Waals surface area contributed by atoms with E-state index in [1.54, 1.807) is 26.4 Å². The number of carbonyl (C=O) groups is 1. The highest BCUT2D eigenvalue weighted by atomic mass is 16.5. The van der Waals surface area contributed by atoms with Crippen molar-refractivity contribution in [1.82, 2.24) is 0 Å². The van der Waals surface area contributed by atoms with Gasteiger partial charge in [0.2, 0.25) is 0 Å². The van der Waals surface area contributed by atoms with Crippen LogP contribution in [0.2, 0.25) is 0 Å². The zero-order chi connectivity index (χ0) is 15.2. The van der Waals surface area contributed by atoms with Crippen molar-refractivity contribution in [2.75, 3.05) is 26.6 Å². The van der Waals surface area contributed by atoms with Crippen LogP contribution in [0.4, 0.5) is 5.69 Å². The fourth-order valence-electron chi connectivity index (χ4n) is 2.28. The molecule has 0 spiro atoms. The Morgan fingerprint density at radius 3 is 2.62 bits per heavy atom. The molecule has 0 bridgehead atoms. The van der Waals surface area contributed by atoms with Gasteiger partial charge in [0.05, 0.1) is 13.7 Å². The molecule has 0 heterocycles. The molecular weight excluding hydrogens is 266 g/mol. The van der Waals surface area contributed by atoms with Crippen molar-refractivity contribution in [1.29, 1.82) is 0 Å². The summed E-state index contributed by atoms with van der Waals surface area (Å²) in [6.07, 6.45) is 1.56. The van der Waals surface area contributed by atoms with Crippen LogP contribution in [-0.4, -0.2) is 27.1 Å². The van der Waals surface area contributed by atoms with Gasteiger partial charge in [-0.25, -0.2) is 0 Å². The number of ether oxygens (including phenoxy) is 2. The molecule has 0 amide bonds. The fourth-order valence-corrected chi connectivity index (χ4v) is 2.28. The second-order valence-electron chi connectivity index (χ2n) is 4.69. The Kier molecular flexibility index (Phi) is 4.95. The largest absolute Gasteiger partial charge is 0.497 e. The van der Waals surface area contributed by atoms with Crippen LogP contribution in [-0.2, 0) is 11.2 Å². The number of carbonyl (C=O) groups excluding carboxylic acids is 1. The molecule has 0 aliphatic heterocycles.